The number of hydrogen-bond donors (Lipinski definition) is 2. The molecule has 4 rings (SSSR count). The van der Waals surface area contributed by atoms with Crippen molar-refractivity contribution >= 4 is 17.8 Å². The van der Waals surface area contributed by atoms with E-state index in [1.54, 1.807) is 7.11 Å². The minimum Gasteiger partial charge on any atom is -0.497 e. The largest absolute Gasteiger partial charge is 0.497 e. The molecule has 0 unspecified atom stereocenters. The zero-order valence-corrected chi connectivity index (χ0v) is 20.8. The predicted molar refractivity (Wildman–Crippen MR) is 125 cm³/mol. The molecule has 3 aliphatic rings. The first-order chi connectivity index (χ1) is 16.8. The fourth-order valence-corrected chi connectivity index (χ4v) is 5.49. The normalized spacial score (nSPS) is 23.2. The first-order valence-electron chi connectivity index (χ1n) is 12.1. The summed E-state index contributed by atoms with van der Waals surface area (Å²) in [7, 11) is 1.64. The Hall–Kier alpha value is -2.82. The Morgan fingerprint density at radius 2 is 1.75 bits per heavy atom. The van der Waals surface area contributed by atoms with Gasteiger partial charge in [-0.05, 0) is 36.5 Å². The van der Waals surface area contributed by atoms with Gasteiger partial charge < -0.3 is 25.0 Å². The number of hydrogen-bond acceptors (Lipinski definition) is 5. The molecule has 11 heteroatoms. The molecule has 2 amide bonds. The number of halogens is 3. The number of carbonyl (C=O) groups excluding carboxylic acids is 2. The third kappa shape index (κ3) is 6.48. The van der Waals surface area contributed by atoms with Crippen molar-refractivity contribution in [3.63, 3.8) is 0 Å². The molecular weight excluding hydrogens is 479 g/mol. The van der Waals surface area contributed by atoms with Gasteiger partial charge in [0.25, 0.3) is 0 Å². The van der Waals surface area contributed by atoms with Gasteiger partial charge in [-0.15, -0.1) is 0 Å². The number of piperidine rings is 1. The SMILES string of the molecule is COc1ccc(CC(=O)N2CCC3(CC2)NC(=O)[C@H]2CN(CC(C)C)C[C@H]23)cc1.O=C(O)C(F)(F)F. The van der Waals surface area contributed by atoms with Crippen LogP contribution in [0.3, 0.4) is 0 Å². The highest BCUT2D eigenvalue weighted by molar-refractivity contribution is 5.84. The number of amides is 2. The fraction of sp³-hybridized carbons (Fsp3) is 0.640. The van der Waals surface area contributed by atoms with Crippen LogP contribution in [0, 0.1) is 17.8 Å². The van der Waals surface area contributed by atoms with E-state index in [1.165, 1.54) is 0 Å². The summed E-state index contributed by atoms with van der Waals surface area (Å²) in [5.74, 6) is -0.450. The van der Waals surface area contributed by atoms with Crippen molar-refractivity contribution in [2.75, 3.05) is 39.8 Å². The molecule has 3 fully saturated rings. The number of likely N-dealkylation sites (tertiary alicyclic amines) is 2. The van der Waals surface area contributed by atoms with E-state index in [0.29, 0.717) is 18.3 Å². The van der Waals surface area contributed by atoms with Gasteiger partial charge in [0.2, 0.25) is 11.8 Å². The highest BCUT2D eigenvalue weighted by atomic mass is 19.4. The van der Waals surface area contributed by atoms with Gasteiger partial charge >= 0.3 is 12.1 Å². The number of carbonyl (C=O) groups is 3. The number of alkyl halides is 3. The third-order valence-electron chi connectivity index (χ3n) is 7.20. The Morgan fingerprint density at radius 3 is 2.25 bits per heavy atom. The highest BCUT2D eigenvalue weighted by Gasteiger charge is 2.57. The van der Waals surface area contributed by atoms with Crippen molar-refractivity contribution in [2.24, 2.45) is 17.8 Å². The monoisotopic (exact) mass is 513 g/mol. The lowest BCUT2D eigenvalue weighted by Crippen LogP contribution is -2.56. The van der Waals surface area contributed by atoms with Gasteiger partial charge in [-0.1, -0.05) is 26.0 Å². The van der Waals surface area contributed by atoms with Gasteiger partial charge in [0.1, 0.15) is 5.75 Å². The number of methoxy groups -OCH3 is 1. The van der Waals surface area contributed by atoms with Crippen LogP contribution in [0.5, 0.6) is 5.75 Å². The lowest BCUT2D eigenvalue weighted by Gasteiger charge is -2.43. The van der Waals surface area contributed by atoms with Crippen molar-refractivity contribution in [1.82, 2.24) is 15.1 Å². The second-order valence-corrected chi connectivity index (χ2v) is 10.2. The molecule has 0 aromatic heterocycles. The Balaban J connectivity index is 0.000000454. The second-order valence-electron chi connectivity index (χ2n) is 10.2. The van der Waals surface area contributed by atoms with Crippen LogP contribution in [-0.4, -0.2) is 84.2 Å². The van der Waals surface area contributed by atoms with Crippen LogP contribution in [0.25, 0.3) is 0 Å². The number of rotatable bonds is 5. The molecule has 2 N–H and O–H groups in total. The van der Waals surface area contributed by atoms with Gasteiger partial charge in [0.05, 0.1) is 19.4 Å². The van der Waals surface area contributed by atoms with Crippen molar-refractivity contribution in [1.29, 1.82) is 0 Å². The third-order valence-corrected chi connectivity index (χ3v) is 7.20. The number of aliphatic carboxylic acids is 1. The Kier molecular flexibility index (Phi) is 8.53. The van der Waals surface area contributed by atoms with E-state index in [4.69, 9.17) is 14.6 Å². The summed E-state index contributed by atoms with van der Waals surface area (Å²) >= 11 is 0. The number of ether oxygens (including phenoxy) is 1. The first-order valence-corrected chi connectivity index (χ1v) is 12.1. The molecule has 2 atom stereocenters. The van der Waals surface area contributed by atoms with Gasteiger partial charge in [0.15, 0.2) is 0 Å². The number of nitrogens with zero attached hydrogens (tertiary/aromatic N) is 2. The van der Waals surface area contributed by atoms with Crippen LogP contribution < -0.4 is 10.1 Å². The first kappa shape index (κ1) is 27.8. The molecule has 3 heterocycles. The molecule has 1 spiro atoms. The minimum atomic E-state index is -5.08. The number of nitrogens with one attached hydrogen (secondary N) is 1. The summed E-state index contributed by atoms with van der Waals surface area (Å²) in [5, 5.41) is 10.5. The highest BCUT2D eigenvalue weighted by Crippen LogP contribution is 2.44. The van der Waals surface area contributed by atoms with Crippen LogP contribution in [0.1, 0.15) is 32.3 Å². The standard InChI is InChI=1S/C23H33N3O3.C2HF3O2/c1-16(2)13-25-14-19-20(15-25)23(24-22(19)28)8-10-26(11-9-23)21(27)12-17-4-6-18(29-3)7-5-17;3-2(4,5)1(6)7/h4-7,16,19-20H,8-15H2,1-3H3,(H,24,28);(H,6,7)/t19-,20+;/m0./s1. The van der Waals surface area contributed by atoms with Gasteiger partial charge in [-0.2, -0.15) is 13.2 Å². The summed E-state index contributed by atoms with van der Waals surface area (Å²) in [6.07, 6.45) is -2.94. The molecule has 8 nitrogen and oxygen atoms in total. The van der Waals surface area contributed by atoms with Crippen LogP contribution in [0.4, 0.5) is 13.2 Å². The van der Waals surface area contributed by atoms with E-state index >= 15 is 0 Å². The van der Waals surface area contributed by atoms with Crippen molar-refractivity contribution in [3.05, 3.63) is 29.8 Å². The number of benzene rings is 1. The molecule has 0 radical (unpaired) electrons. The molecule has 3 aliphatic heterocycles. The summed E-state index contributed by atoms with van der Waals surface area (Å²) in [4.78, 5) is 38.8. The van der Waals surface area contributed by atoms with Crippen LogP contribution in [-0.2, 0) is 20.8 Å². The lowest BCUT2D eigenvalue weighted by molar-refractivity contribution is -0.192. The average molecular weight is 514 g/mol. The number of carboxylic acid groups (broad SMARTS) is 1. The van der Waals surface area contributed by atoms with E-state index in [0.717, 1.165) is 56.9 Å². The Labute approximate surface area is 208 Å². The van der Waals surface area contributed by atoms with E-state index in [1.807, 2.05) is 29.2 Å². The lowest BCUT2D eigenvalue weighted by atomic mass is 9.75. The summed E-state index contributed by atoms with van der Waals surface area (Å²) in [5.41, 5.74) is 0.884. The zero-order chi connectivity index (χ0) is 26.7. The molecule has 0 bridgehead atoms. The van der Waals surface area contributed by atoms with Crippen molar-refractivity contribution < 1.29 is 37.4 Å². The van der Waals surface area contributed by atoms with Crippen molar-refractivity contribution in [2.45, 2.75) is 44.8 Å². The van der Waals surface area contributed by atoms with E-state index in [9.17, 15) is 22.8 Å². The van der Waals surface area contributed by atoms with Crippen LogP contribution in [0.15, 0.2) is 24.3 Å². The fourth-order valence-electron chi connectivity index (χ4n) is 5.49. The predicted octanol–water partition coefficient (Wildman–Crippen LogP) is 2.57. The average Bonchev–Trinajstić information content (AvgIpc) is 3.33. The maximum absolute atomic E-state index is 12.8. The topological polar surface area (TPSA) is 99.2 Å². The van der Waals surface area contributed by atoms with E-state index in [2.05, 4.69) is 24.1 Å². The Bertz CT molecular complexity index is 943. The summed E-state index contributed by atoms with van der Waals surface area (Å²) in [6.45, 7) is 8.86. The van der Waals surface area contributed by atoms with Gasteiger partial charge in [-0.3, -0.25) is 9.59 Å². The van der Waals surface area contributed by atoms with Crippen molar-refractivity contribution in [3.8, 4) is 5.75 Å². The summed E-state index contributed by atoms with van der Waals surface area (Å²) < 4.78 is 36.9. The zero-order valence-electron chi connectivity index (χ0n) is 20.8. The minimum absolute atomic E-state index is 0.121. The van der Waals surface area contributed by atoms with E-state index < -0.39 is 12.1 Å². The second kappa shape index (κ2) is 11.1. The van der Waals surface area contributed by atoms with Crippen LogP contribution in [0.2, 0.25) is 0 Å². The van der Waals surface area contributed by atoms with Gasteiger partial charge in [-0.25, -0.2) is 4.79 Å². The molecular formula is C25H34F3N3O5. The van der Waals surface area contributed by atoms with Crippen LogP contribution >= 0.6 is 0 Å². The molecule has 0 saturated carbocycles. The quantitative estimate of drug-likeness (QED) is 0.628. The van der Waals surface area contributed by atoms with Gasteiger partial charge in [0, 0.05) is 44.2 Å². The maximum Gasteiger partial charge on any atom is 0.490 e. The number of fused-ring (bicyclic) bond motifs is 2. The smallest absolute Gasteiger partial charge is 0.490 e. The maximum atomic E-state index is 12.8. The molecule has 0 aliphatic carbocycles. The molecule has 1 aromatic rings. The summed E-state index contributed by atoms with van der Waals surface area (Å²) in [6, 6.07) is 7.69. The molecule has 36 heavy (non-hydrogen) atoms. The number of carboxylic acids is 1. The molecule has 200 valence electrons. The molecule has 1 aromatic carbocycles. The Morgan fingerprint density at radius 1 is 1.17 bits per heavy atom. The molecule has 3 saturated heterocycles. The van der Waals surface area contributed by atoms with E-state index in [-0.39, 0.29) is 23.3 Å².